The molecule has 1 fully saturated rings. The Bertz CT molecular complexity index is 1560. The highest BCUT2D eigenvalue weighted by atomic mass is 32.2. The molecular weight excluding hydrogens is 463 g/mol. The smallest absolute Gasteiger partial charge is 0.175 e. The van der Waals surface area contributed by atoms with Crippen LogP contribution >= 0.6 is 0 Å². The first-order chi connectivity index (χ1) is 16.9. The molecule has 0 radical (unpaired) electrons. The standard InChI is InChI=1S/C28H25FN2O3S/c1-35(32,33)24-8-2-18(3-9-24)27-25-14-20-16-30-17-21(20)15-26(25)31(23-6-4-22(29)5-7-23)28(27)19-10-12-34-13-11-19/h2-9,14-15,17,19H,10-13,16H2,1H3. The van der Waals surface area contributed by atoms with Gasteiger partial charge in [-0.2, -0.15) is 0 Å². The lowest BCUT2D eigenvalue weighted by Gasteiger charge is -2.26. The first-order valence-electron chi connectivity index (χ1n) is 11.8. The van der Waals surface area contributed by atoms with Crippen LogP contribution in [0.2, 0.25) is 0 Å². The summed E-state index contributed by atoms with van der Waals surface area (Å²) in [6.07, 6.45) is 4.89. The summed E-state index contributed by atoms with van der Waals surface area (Å²) < 4.78 is 46.0. The molecule has 1 saturated heterocycles. The Morgan fingerprint density at radius 1 is 1.00 bits per heavy atom. The van der Waals surface area contributed by atoms with E-state index in [4.69, 9.17) is 4.74 Å². The van der Waals surface area contributed by atoms with Crippen LogP contribution in [-0.4, -0.2) is 38.7 Å². The molecule has 5 nitrogen and oxygen atoms in total. The van der Waals surface area contributed by atoms with E-state index in [0.29, 0.717) is 24.7 Å². The molecule has 2 aliphatic heterocycles. The zero-order valence-electron chi connectivity index (χ0n) is 19.4. The number of hydrogen-bond acceptors (Lipinski definition) is 4. The number of ether oxygens (including phenoxy) is 1. The minimum Gasteiger partial charge on any atom is -0.381 e. The van der Waals surface area contributed by atoms with E-state index in [1.165, 1.54) is 24.0 Å². The molecule has 3 aromatic carbocycles. The van der Waals surface area contributed by atoms with Crippen molar-refractivity contribution in [2.24, 2.45) is 4.99 Å². The molecule has 2 aliphatic rings. The van der Waals surface area contributed by atoms with Gasteiger partial charge in [0.2, 0.25) is 0 Å². The molecule has 0 aliphatic carbocycles. The molecular formula is C28H25FN2O3S. The Morgan fingerprint density at radius 3 is 2.40 bits per heavy atom. The predicted octanol–water partition coefficient (Wildman–Crippen LogP) is 5.67. The molecule has 3 heterocycles. The van der Waals surface area contributed by atoms with E-state index < -0.39 is 9.84 Å². The highest BCUT2D eigenvalue weighted by Crippen LogP contribution is 2.44. The second-order valence-electron chi connectivity index (χ2n) is 9.29. The van der Waals surface area contributed by atoms with Gasteiger partial charge in [0.15, 0.2) is 9.84 Å². The van der Waals surface area contributed by atoms with Crippen molar-refractivity contribution in [1.29, 1.82) is 0 Å². The molecule has 0 saturated carbocycles. The van der Waals surface area contributed by atoms with Crippen LogP contribution in [0, 0.1) is 5.82 Å². The Hall–Kier alpha value is -3.29. The van der Waals surface area contributed by atoms with Crippen molar-refractivity contribution in [3.63, 3.8) is 0 Å². The number of fused-ring (bicyclic) bond motifs is 2. The highest BCUT2D eigenvalue weighted by molar-refractivity contribution is 7.90. The average Bonchev–Trinajstić information content (AvgIpc) is 3.45. The maximum atomic E-state index is 13.9. The summed E-state index contributed by atoms with van der Waals surface area (Å²) >= 11 is 0. The fraction of sp³-hybridized carbons (Fsp3) is 0.250. The number of rotatable bonds is 4. The molecule has 0 atom stereocenters. The quantitative estimate of drug-likeness (QED) is 0.372. The molecule has 4 aromatic rings. The van der Waals surface area contributed by atoms with E-state index >= 15 is 0 Å². The fourth-order valence-corrected chi connectivity index (χ4v) is 5.94. The zero-order chi connectivity index (χ0) is 24.2. The number of hydrogen-bond donors (Lipinski definition) is 0. The fourth-order valence-electron chi connectivity index (χ4n) is 5.31. The maximum Gasteiger partial charge on any atom is 0.175 e. The van der Waals surface area contributed by atoms with Crippen molar-refractivity contribution in [2.75, 3.05) is 19.5 Å². The monoisotopic (exact) mass is 488 g/mol. The topological polar surface area (TPSA) is 60.7 Å². The predicted molar refractivity (Wildman–Crippen MR) is 136 cm³/mol. The van der Waals surface area contributed by atoms with Gasteiger partial charge in [0, 0.05) is 53.9 Å². The van der Waals surface area contributed by atoms with Crippen molar-refractivity contribution in [3.05, 3.63) is 83.3 Å². The summed E-state index contributed by atoms with van der Waals surface area (Å²) in [5.41, 5.74) is 7.40. The van der Waals surface area contributed by atoms with Gasteiger partial charge in [-0.05, 0) is 78.1 Å². The van der Waals surface area contributed by atoms with E-state index in [0.717, 1.165) is 51.8 Å². The van der Waals surface area contributed by atoms with E-state index in [9.17, 15) is 12.8 Å². The third kappa shape index (κ3) is 3.89. The summed E-state index contributed by atoms with van der Waals surface area (Å²) in [4.78, 5) is 4.75. The van der Waals surface area contributed by atoms with Crippen molar-refractivity contribution in [1.82, 2.24) is 4.57 Å². The third-order valence-corrected chi connectivity index (χ3v) is 8.15. The maximum absolute atomic E-state index is 13.9. The molecule has 0 bridgehead atoms. The van der Waals surface area contributed by atoms with Gasteiger partial charge in [-0.25, -0.2) is 12.8 Å². The van der Waals surface area contributed by atoms with Gasteiger partial charge in [0.1, 0.15) is 5.82 Å². The summed E-state index contributed by atoms with van der Waals surface area (Å²) in [6, 6.07) is 18.1. The molecule has 0 spiro atoms. The Balaban J connectivity index is 1.69. The van der Waals surface area contributed by atoms with Gasteiger partial charge < -0.3 is 9.30 Å². The third-order valence-electron chi connectivity index (χ3n) is 7.02. The van der Waals surface area contributed by atoms with Gasteiger partial charge >= 0.3 is 0 Å². The van der Waals surface area contributed by atoms with Crippen LogP contribution in [0.3, 0.4) is 0 Å². The molecule has 35 heavy (non-hydrogen) atoms. The van der Waals surface area contributed by atoms with Gasteiger partial charge in [-0.3, -0.25) is 4.99 Å². The van der Waals surface area contributed by atoms with Crippen LogP contribution in [0.5, 0.6) is 0 Å². The van der Waals surface area contributed by atoms with E-state index in [2.05, 4.69) is 21.7 Å². The Kier molecular flexibility index (Phi) is 5.34. The summed E-state index contributed by atoms with van der Waals surface area (Å²) in [7, 11) is -3.30. The first kappa shape index (κ1) is 22.2. The van der Waals surface area contributed by atoms with Gasteiger partial charge in [-0.1, -0.05) is 12.1 Å². The van der Waals surface area contributed by atoms with E-state index in [-0.39, 0.29) is 11.7 Å². The minimum absolute atomic E-state index is 0.245. The summed E-state index contributed by atoms with van der Waals surface area (Å²) in [5, 5.41) is 1.09. The highest BCUT2D eigenvalue weighted by Gasteiger charge is 2.29. The number of aliphatic imine (C=N–C) groups is 1. The van der Waals surface area contributed by atoms with Crippen molar-refractivity contribution < 1.29 is 17.5 Å². The molecule has 178 valence electrons. The molecule has 7 heteroatoms. The van der Waals surface area contributed by atoms with Crippen molar-refractivity contribution in [2.45, 2.75) is 30.2 Å². The molecule has 0 N–H and O–H groups in total. The lowest BCUT2D eigenvalue weighted by Crippen LogP contribution is -2.17. The van der Waals surface area contributed by atoms with Gasteiger partial charge in [0.25, 0.3) is 0 Å². The largest absolute Gasteiger partial charge is 0.381 e. The normalized spacial score (nSPS) is 16.2. The molecule has 0 unspecified atom stereocenters. The Labute approximate surface area is 203 Å². The van der Waals surface area contributed by atoms with Gasteiger partial charge in [-0.15, -0.1) is 0 Å². The zero-order valence-corrected chi connectivity index (χ0v) is 20.2. The summed E-state index contributed by atoms with van der Waals surface area (Å²) in [6.45, 7) is 2.02. The second kappa shape index (κ2) is 8.43. The number of nitrogens with zero attached hydrogens (tertiary/aromatic N) is 2. The number of benzene rings is 3. The summed E-state index contributed by atoms with van der Waals surface area (Å²) in [5.74, 6) is -0.0308. The van der Waals surface area contributed by atoms with Crippen LogP contribution in [0.1, 0.15) is 35.6 Å². The average molecular weight is 489 g/mol. The van der Waals surface area contributed by atoms with Crippen molar-refractivity contribution in [3.8, 4) is 16.8 Å². The van der Waals surface area contributed by atoms with E-state index in [1.54, 1.807) is 12.1 Å². The number of aromatic nitrogens is 1. The van der Waals surface area contributed by atoms with E-state index in [1.807, 2.05) is 30.5 Å². The van der Waals surface area contributed by atoms with Gasteiger partial charge in [0.05, 0.1) is 17.0 Å². The molecule has 0 amide bonds. The number of sulfone groups is 1. The number of halogens is 1. The SMILES string of the molecule is CS(=O)(=O)c1ccc(-c2c(C3CCOCC3)n(-c3ccc(F)cc3)c3cc4c(cc23)CN=C4)cc1. The molecule has 6 rings (SSSR count). The van der Waals surface area contributed by atoms with Crippen molar-refractivity contribution >= 4 is 27.0 Å². The lowest BCUT2D eigenvalue weighted by atomic mass is 9.89. The van der Waals surface area contributed by atoms with Crippen LogP contribution in [0.4, 0.5) is 4.39 Å². The van der Waals surface area contributed by atoms with Crippen LogP contribution in [0.15, 0.2) is 70.6 Å². The Morgan fingerprint density at radius 2 is 1.71 bits per heavy atom. The molecule has 1 aromatic heterocycles. The second-order valence-corrected chi connectivity index (χ2v) is 11.3. The lowest BCUT2D eigenvalue weighted by molar-refractivity contribution is 0.0843. The van der Waals surface area contributed by atoms with Crippen LogP contribution in [-0.2, 0) is 21.1 Å². The van der Waals surface area contributed by atoms with Crippen LogP contribution in [0.25, 0.3) is 27.7 Å². The minimum atomic E-state index is -3.30. The first-order valence-corrected chi connectivity index (χ1v) is 13.6. The van der Waals surface area contributed by atoms with Crippen LogP contribution < -0.4 is 0 Å².